The smallest absolute Gasteiger partial charge is 0.126 e. The minimum absolute atomic E-state index is 0.116. The number of ether oxygens (including phenoxy) is 1. The zero-order valence-corrected chi connectivity index (χ0v) is 9.17. The van der Waals surface area contributed by atoms with Crippen molar-refractivity contribution in [3.63, 3.8) is 0 Å². The third kappa shape index (κ3) is 2.57. The SMILES string of the molecule is CCC1CNCC(c2cc(F)cc(F)c2)O1. The minimum atomic E-state index is -0.558. The maximum absolute atomic E-state index is 13.0. The van der Waals surface area contributed by atoms with E-state index >= 15 is 0 Å². The van der Waals surface area contributed by atoms with Crippen LogP contribution >= 0.6 is 0 Å². The summed E-state index contributed by atoms with van der Waals surface area (Å²) in [5, 5.41) is 3.20. The highest BCUT2D eigenvalue weighted by Crippen LogP contribution is 2.23. The molecule has 88 valence electrons. The van der Waals surface area contributed by atoms with Gasteiger partial charge in [-0.2, -0.15) is 0 Å². The van der Waals surface area contributed by atoms with Crippen LogP contribution in [0.4, 0.5) is 8.78 Å². The molecule has 1 fully saturated rings. The lowest BCUT2D eigenvalue weighted by molar-refractivity contribution is -0.0402. The highest BCUT2D eigenvalue weighted by molar-refractivity contribution is 5.21. The molecule has 0 saturated carbocycles. The van der Waals surface area contributed by atoms with Crippen molar-refractivity contribution in [2.45, 2.75) is 25.6 Å². The van der Waals surface area contributed by atoms with Gasteiger partial charge in [-0.15, -0.1) is 0 Å². The number of nitrogens with one attached hydrogen (secondary N) is 1. The molecular weight excluding hydrogens is 212 g/mol. The summed E-state index contributed by atoms with van der Waals surface area (Å²) in [4.78, 5) is 0. The molecule has 1 aromatic rings. The van der Waals surface area contributed by atoms with E-state index in [1.807, 2.05) is 6.92 Å². The van der Waals surface area contributed by atoms with Crippen molar-refractivity contribution >= 4 is 0 Å². The molecule has 16 heavy (non-hydrogen) atoms. The molecule has 1 aliphatic heterocycles. The predicted molar refractivity (Wildman–Crippen MR) is 57.1 cm³/mol. The first-order chi connectivity index (χ1) is 7.69. The van der Waals surface area contributed by atoms with Crippen molar-refractivity contribution in [2.24, 2.45) is 0 Å². The Balaban J connectivity index is 2.16. The Morgan fingerprint density at radius 1 is 1.25 bits per heavy atom. The van der Waals surface area contributed by atoms with Gasteiger partial charge in [-0.25, -0.2) is 8.78 Å². The van der Waals surface area contributed by atoms with Gasteiger partial charge in [0, 0.05) is 19.2 Å². The Morgan fingerprint density at radius 3 is 2.56 bits per heavy atom. The van der Waals surface area contributed by atoms with Crippen molar-refractivity contribution in [2.75, 3.05) is 13.1 Å². The van der Waals surface area contributed by atoms with Crippen LogP contribution < -0.4 is 5.32 Å². The zero-order chi connectivity index (χ0) is 11.5. The first-order valence-corrected chi connectivity index (χ1v) is 5.51. The second kappa shape index (κ2) is 4.89. The van der Waals surface area contributed by atoms with E-state index in [1.165, 1.54) is 12.1 Å². The van der Waals surface area contributed by atoms with Gasteiger partial charge in [0.1, 0.15) is 11.6 Å². The lowest BCUT2D eigenvalue weighted by atomic mass is 10.1. The molecule has 2 nitrogen and oxygen atoms in total. The Labute approximate surface area is 93.6 Å². The molecule has 1 saturated heterocycles. The van der Waals surface area contributed by atoms with Gasteiger partial charge < -0.3 is 10.1 Å². The molecule has 0 radical (unpaired) electrons. The van der Waals surface area contributed by atoms with Crippen molar-refractivity contribution in [1.29, 1.82) is 0 Å². The molecule has 2 atom stereocenters. The van der Waals surface area contributed by atoms with Gasteiger partial charge in [0.25, 0.3) is 0 Å². The van der Waals surface area contributed by atoms with E-state index < -0.39 is 11.6 Å². The molecule has 1 heterocycles. The Morgan fingerprint density at radius 2 is 1.94 bits per heavy atom. The topological polar surface area (TPSA) is 21.3 Å². The molecule has 0 bridgehead atoms. The fourth-order valence-corrected chi connectivity index (χ4v) is 1.90. The number of hydrogen-bond acceptors (Lipinski definition) is 2. The van der Waals surface area contributed by atoms with Gasteiger partial charge >= 0.3 is 0 Å². The molecule has 4 heteroatoms. The molecule has 0 spiro atoms. The second-order valence-electron chi connectivity index (χ2n) is 4.02. The van der Waals surface area contributed by atoms with E-state index in [9.17, 15) is 8.78 Å². The fourth-order valence-electron chi connectivity index (χ4n) is 1.90. The van der Waals surface area contributed by atoms with Crippen LogP contribution in [-0.2, 0) is 4.74 Å². The van der Waals surface area contributed by atoms with E-state index in [0.717, 1.165) is 19.0 Å². The van der Waals surface area contributed by atoms with Crippen molar-refractivity contribution in [3.8, 4) is 0 Å². The molecule has 1 aromatic carbocycles. The Kier molecular flexibility index (Phi) is 3.51. The summed E-state index contributed by atoms with van der Waals surface area (Å²) in [6.07, 6.45) is 0.746. The van der Waals surface area contributed by atoms with Gasteiger partial charge in [-0.3, -0.25) is 0 Å². The summed E-state index contributed by atoms with van der Waals surface area (Å²) >= 11 is 0. The van der Waals surface area contributed by atoms with Crippen LogP contribution in [0.15, 0.2) is 18.2 Å². The second-order valence-corrected chi connectivity index (χ2v) is 4.02. The van der Waals surface area contributed by atoms with Crippen LogP contribution in [-0.4, -0.2) is 19.2 Å². The highest BCUT2D eigenvalue weighted by atomic mass is 19.1. The third-order valence-electron chi connectivity index (χ3n) is 2.77. The van der Waals surface area contributed by atoms with Gasteiger partial charge in [0.2, 0.25) is 0 Å². The van der Waals surface area contributed by atoms with E-state index in [0.29, 0.717) is 12.1 Å². The van der Waals surface area contributed by atoms with Crippen molar-refractivity contribution in [1.82, 2.24) is 5.32 Å². The monoisotopic (exact) mass is 227 g/mol. The molecular formula is C12H15F2NO. The van der Waals surface area contributed by atoms with Gasteiger partial charge in [-0.1, -0.05) is 6.92 Å². The summed E-state index contributed by atoms with van der Waals surface area (Å²) in [6.45, 7) is 3.42. The minimum Gasteiger partial charge on any atom is -0.368 e. The van der Waals surface area contributed by atoms with Gasteiger partial charge in [0.15, 0.2) is 0 Å². The quantitative estimate of drug-likeness (QED) is 0.837. The normalized spacial score (nSPS) is 25.7. The van der Waals surface area contributed by atoms with E-state index in [-0.39, 0.29) is 12.2 Å². The van der Waals surface area contributed by atoms with Crippen molar-refractivity contribution < 1.29 is 13.5 Å². The number of benzene rings is 1. The van der Waals surface area contributed by atoms with Crippen LogP contribution in [0.3, 0.4) is 0 Å². The van der Waals surface area contributed by atoms with E-state index in [2.05, 4.69) is 5.32 Å². The largest absolute Gasteiger partial charge is 0.368 e. The summed E-state index contributed by atoms with van der Waals surface area (Å²) < 4.78 is 31.8. The fraction of sp³-hybridized carbons (Fsp3) is 0.500. The number of hydrogen-bond donors (Lipinski definition) is 1. The molecule has 0 amide bonds. The third-order valence-corrected chi connectivity index (χ3v) is 2.77. The summed E-state index contributed by atoms with van der Waals surface area (Å²) in [5.41, 5.74) is 0.558. The number of rotatable bonds is 2. The maximum Gasteiger partial charge on any atom is 0.126 e. The molecule has 2 unspecified atom stereocenters. The predicted octanol–water partition coefficient (Wildman–Crippen LogP) is 2.40. The van der Waals surface area contributed by atoms with Gasteiger partial charge in [0.05, 0.1) is 12.2 Å². The van der Waals surface area contributed by atoms with Crippen molar-refractivity contribution in [3.05, 3.63) is 35.4 Å². The maximum atomic E-state index is 13.0. The lowest BCUT2D eigenvalue weighted by Gasteiger charge is -2.30. The van der Waals surface area contributed by atoms with Crippen LogP contribution in [0.2, 0.25) is 0 Å². The lowest BCUT2D eigenvalue weighted by Crippen LogP contribution is -2.40. The van der Waals surface area contributed by atoms with Crippen LogP contribution in [0, 0.1) is 11.6 Å². The summed E-state index contributed by atoms with van der Waals surface area (Å²) in [6, 6.07) is 3.53. The molecule has 2 rings (SSSR count). The molecule has 0 aromatic heterocycles. The average molecular weight is 227 g/mol. The van der Waals surface area contributed by atoms with E-state index in [4.69, 9.17) is 4.74 Å². The standard InChI is InChI=1S/C12H15F2NO/c1-2-11-6-15-7-12(16-11)8-3-9(13)5-10(14)4-8/h3-5,11-12,15H,2,6-7H2,1H3. The average Bonchev–Trinajstić information content (AvgIpc) is 2.28. The molecule has 0 aliphatic carbocycles. The molecule has 1 aliphatic rings. The number of morpholine rings is 1. The van der Waals surface area contributed by atoms with Crippen LogP contribution in [0.1, 0.15) is 25.0 Å². The first-order valence-electron chi connectivity index (χ1n) is 5.51. The highest BCUT2D eigenvalue weighted by Gasteiger charge is 2.22. The van der Waals surface area contributed by atoms with Gasteiger partial charge in [-0.05, 0) is 24.1 Å². The Bertz CT molecular complexity index is 350. The molecule has 1 N–H and O–H groups in total. The number of halogens is 2. The Hall–Kier alpha value is -1.00. The summed E-state index contributed by atoms with van der Waals surface area (Å²) in [5.74, 6) is -1.12. The van der Waals surface area contributed by atoms with Crippen LogP contribution in [0.5, 0.6) is 0 Å². The first kappa shape index (κ1) is 11.5. The van der Waals surface area contributed by atoms with Crippen LogP contribution in [0.25, 0.3) is 0 Å². The zero-order valence-electron chi connectivity index (χ0n) is 9.17. The van der Waals surface area contributed by atoms with E-state index in [1.54, 1.807) is 0 Å². The summed E-state index contributed by atoms with van der Waals surface area (Å²) in [7, 11) is 0.